The van der Waals surface area contributed by atoms with Crippen LogP contribution in [0.2, 0.25) is 0 Å². The largest absolute Gasteiger partial charge is 0.497 e. The second-order valence-corrected chi connectivity index (χ2v) is 6.00. The van der Waals surface area contributed by atoms with Gasteiger partial charge < -0.3 is 10.1 Å². The van der Waals surface area contributed by atoms with Gasteiger partial charge in [-0.05, 0) is 41.7 Å². The van der Waals surface area contributed by atoms with Gasteiger partial charge in [-0.15, -0.1) is 0 Å². The second kappa shape index (κ2) is 5.54. The number of nitrogens with zero attached hydrogens (tertiary/aromatic N) is 1. The molecule has 2 aliphatic rings. The van der Waals surface area contributed by atoms with Crippen molar-refractivity contribution in [3.8, 4) is 5.75 Å². The summed E-state index contributed by atoms with van der Waals surface area (Å²) in [7, 11) is 1.65. The molecular formula is C19H18N2O2. The summed E-state index contributed by atoms with van der Waals surface area (Å²) in [6, 6.07) is 15.9. The molecule has 2 unspecified atom stereocenters. The summed E-state index contributed by atoms with van der Waals surface area (Å²) in [5, 5.41) is 3.03. The lowest BCUT2D eigenvalue weighted by Gasteiger charge is -2.36. The Hall–Kier alpha value is -2.62. The summed E-state index contributed by atoms with van der Waals surface area (Å²) in [6.45, 7) is 0. The zero-order valence-corrected chi connectivity index (χ0v) is 13.0. The third kappa shape index (κ3) is 2.40. The molecule has 0 spiro atoms. The lowest BCUT2D eigenvalue weighted by molar-refractivity contribution is 0.239. The van der Waals surface area contributed by atoms with Crippen LogP contribution in [0, 0.1) is 5.92 Å². The van der Waals surface area contributed by atoms with Crippen LogP contribution in [-0.4, -0.2) is 18.9 Å². The first-order chi connectivity index (χ1) is 11.3. The van der Waals surface area contributed by atoms with Crippen molar-refractivity contribution in [2.45, 2.75) is 18.9 Å². The number of hydrogen-bond donors (Lipinski definition) is 1. The van der Waals surface area contributed by atoms with Gasteiger partial charge in [0.1, 0.15) is 5.75 Å². The SMILES string of the molecule is COc1ccc(C2NC(=O)N=C3c4ccccc4CCC32)cc1. The van der Waals surface area contributed by atoms with Gasteiger partial charge in [0.15, 0.2) is 0 Å². The molecule has 0 saturated carbocycles. The van der Waals surface area contributed by atoms with Crippen molar-refractivity contribution < 1.29 is 9.53 Å². The summed E-state index contributed by atoms with van der Waals surface area (Å²) in [5.41, 5.74) is 4.43. The zero-order valence-electron chi connectivity index (χ0n) is 13.0. The van der Waals surface area contributed by atoms with Gasteiger partial charge in [0.2, 0.25) is 0 Å². The summed E-state index contributed by atoms with van der Waals surface area (Å²) in [5.74, 6) is 1.04. The van der Waals surface area contributed by atoms with E-state index in [9.17, 15) is 4.79 Å². The minimum atomic E-state index is -0.256. The van der Waals surface area contributed by atoms with E-state index in [0.29, 0.717) is 0 Å². The van der Waals surface area contributed by atoms with E-state index in [0.717, 1.165) is 35.4 Å². The summed E-state index contributed by atoms with van der Waals surface area (Å²) < 4.78 is 5.22. The Morgan fingerprint density at radius 3 is 2.70 bits per heavy atom. The van der Waals surface area contributed by atoms with Crippen LogP contribution in [-0.2, 0) is 6.42 Å². The first-order valence-electron chi connectivity index (χ1n) is 7.87. The van der Waals surface area contributed by atoms with E-state index >= 15 is 0 Å². The molecule has 0 fully saturated rings. The van der Waals surface area contributed by atoms with Crippen LogP contribution >= 0.6 is 0 Å². The van der Waals surface area contributed by atoms with Crippen molar-refractivity contribution in [2.24, 2.45) is 10.9 Å². The van der Waals surface area contributed by atoms with E-state index < -0.39 is 0 Å². The highest BCUT2D eigenvalue weighted by Crippen LogP contribution is 2.37. The number of urea groups is 1. The number of rotatable bonds is 2. The predicted octanol–water partition coefficient (Wildman–Crippen LogP) is 3.51. The molecule has 23 heavy (non-hydrogen) atoms. The Kier molecular flexibility index (Phi) is 3.37. The maximum atomic E-state index is 12.1. The van der Waals surface area contributed by atoms with Crippen LogP contribution in [0.3, 0.4) is 0 Å². The minimum absolute atomic E-state index is 0.0331. The summed E-state index contributed by atoms with van der Waals surface area (Å²) in [4.78, 5) is 16.4. The van der Waals surface area contributed by atoms with Crippen molar-refractivity contribution in [3.05, 3.63) is 65.2 Å². The van der Waals surface area contributed by atoms with Crippen molar-refractivity contribution in [3.63, 3.8) is 0 Å². The number of hydrogen-bond acceptors (Lipinski definition) is 2. The number of carbonyl (C=O) groups is 1. The highest BCUT2D eigenvalue weighted by molar-refractivity contribution is 6.11. The fourth-order valence-electron chi connectivity index (χ4n) is 3.61. The molecule has 1 aliphatic carbocycles. The normalized spacial score (nSPS) is 22.5. The van der Waals surface area contributed by atoms with Crippen LogP contribution in [0.25, 0.3) is 0 Å². The van der Waals surface area contributed by atoms with Gasteiger partial charge in [0.05, 0.1) is 18.9 Å². The molecule has 0 bridgehead atoms. The van der Waals surface area contributed by atoms with Crippen molar-refractivity contribution in [1.29, 1.82) is 0 Å². The average Bonchev–Trinajstić information content (AvgIpc) is 2.61. The van der Waals surface area contributed by atoms with Gasteiger partial charge in [-0.2, -0.15) is 4.99 Å². The van der Waals surface area contributed by atoms with Gasteiger partial charge in [0, 0.05) is 5.92 Å². The molecule has 4 heteroatoms. The number of aliphatic imine (C=N–C) groups is 1. The highest BCUT2D eigenvalue weighted by atomic mass is 16.5. The number of fused-ring (bicyclic) bond motifs is 3. The molecule has 116 valence electrons. The quantitative estimate of drug-likeness (QED) is 0.923. The molecule has 1 aliphatic heterocycles. The maximum absolute atomic E-state index is 12.1. The van der Waals surface area contributed by atoms with Gasteiger partial charge >= 0.3 is 6.03 Å². The molecule has 1 heterocycles. The van der Waals surface area contributed by atoms with Gasteiger partial charge in [-0.1, -0.05) is 36.4 Å². The van der Waals surface area contributed by atoms with Crippen LogP contribution in [0.5, 0.6) is 5.75 Å². The molecule has 0 radical (unpaired) electrons. The van der Waals surface area contributed by atoms with E-state index in [1.54, 1.807) is 7.11 Å². The lowest BCUT2D eigenvalue weighted by Crippen LogP contribution is -2.43. The molecule has 2 aromatic rings. The van der Waals surface area contributed by atoms with Gasteiger partial charge in [0.25, 0.3) is 0 Å². The van der Waals surface area contributed by atoms with E-state index in [1.165, 1.54) is 5.56 Å². The van der Waals surface area contributed by atoms with Crippen molar-refractivity contribution in [1.82, 2.24) is 5.32 Å². The molecule has 0 aromatic heterocycles. The number of benzene rings is 2. The Morgan fingerprint density at radius 1 is 1.13 bits per heavy atom. The van der Waals surface area contributed by atoms with Gasteiger partial charge in [-0.3, -0.25) is 0 Å². The van der Waals surface area contributed by atoms with Crippen LogP contribution < -0.4 is 10.1 Å². The number of carbonyl (C=O) groups excluding carboxylic acids is 1. The monoisotopic (exact) mass is 306 g/mol. The third-order valence-corrected chi connectivity index (χ3v) is 4.75. The second-order valence-electron chi connectivity index (χ2n) is 6.00. The fourth-order valence-corrected chi connectivity index (χ4v) is 3.61. The van der Waals surface area contributed by atoms with E-state index in [2.05, 4.69) is 22.4 Å². The molecule has 2 amide bonds. The Bertz CT molecular complexity index is 780. The predicted molar refractivity (Wildman–Crippen MR) is 89.1 cm³/mol. The molecule has 4 nitrogen and oxygen atoms in total. The lowest BCUT2D eigenvalue weighted by atomic mass is 9.75. The number of amides is 2. The number of methoxy groups -OCH3 is 1. The third-order valence-electron chi connectivity index (χ3n) is 4.75. The summed E-state index contributed by atoms with van der Waals surface area (Å²) >= 11 is 0. The van der Waals surface area contributed by atoms with Crippen LogP contribution in [0.4, 0.5) is 4.79 Å². The average molecular weight is 306 g/mol. The van der Waals surface area contributed by atoms with Gasteiger partial charge in [-0.25, -0.2) is 4.79 Å². The zero-order chi connectivity index (χ0) is 15.8. The number of nitrogens with one attached hydrogen (secondary N) is 1. The first kappa shape index (κ1) is 14.0. The fraction of sp³-hybridized carbons (Fsp3) is 0.263. The Labute approximate surface area is 135 Å². The number of ether oxygens (including phenoxy) is 1. The topological polar surface area (TPSA) is 50.7 Å². The molecule has 0 saturated heterocycles. The minimum Gasteiger partial charge on any atom is -0.497 e. The van der Waals surface area contributed by atoms with E-state index in [4.69, 9.17) is 4.74 Å². The number of aryl methyl sites for hydroxylation is 1. The van der Waals surface area contributed by atoms with Crippen molar-refractivity contribution >= 4 is 11.7 Å². The first-order valence-corrected chi connectivity index (χ1v) is 7.87. The smallest absolute Gasteiger partial charge is 0.341 e. The van der Waals surface area contributed by atoms with Crippen molar-refractivity contribution in [2.75, 3.05) is 7.11 Å². The van der Waals surface area contributed by atoms with E-state index in [-0.39, 0.29) is 18.0 Å². The Balaban J connectivity index is 1.74. The molecule has 2 atom stereocenters. The van der Waals surface area contributed by atoms with E-state index in [1.807, 2.05) is 36.4 Å². The Morgan fingerprint density at radius 2 is 1.91 bits per heavy atom. The highest BCUT2D eigenvalue weighted by Gasteiger charge is 2.37. The molecular weight excluding hydrogens is 288 g/mol. The molecule has 4 rings (SSSR count). The molecule has 1 N–H and O–H groups in total. The molecule has 2 aromatic carbocycles. The standard InChI is InChI=1S/C19H18N2O2/c1-23-14-9-6-13(7-10-14)17-16-11-8-12-4-2-3-5-15(12)18(16)21-19(22)20-17/h2-7,9-10,16-17H,8,11H2,1H3,(H,20,22). The summed E-state index contributed by atoms with van der Waals surface area (Å²) in [6.07, 6.45) is 2.01. The maximum Gasteiger partial charge on any atom is 0.341 e. The van der Waals surface area contributed by atoms with Crippen LogP contribution in [0.1, 0.15) is 29.2 Å². The van der Waals surface area contributed by atoms with Crippen LogP contribution in [0.15, 0.2) is 53.5 Å².